The Bertz CT molecular complexity index is 298. The molecule has 58 valence electrons. The highest BCUT2D eigenvalue weighted by atomic mass is 31.0. The highest BCUT2D eigenvalue weighted by molar-refractivity contribution is 7.27. The molecule has 0 amide bonds. The molecule has 0 saturated carbocycles. The summed E-state index contributed by atoms with van der Waals surface area (Å²) in [5.74, 6) is -1.95. The number of carboxylic acid groups (broad SMARTS) is 1. The predicted octanol–water partition coefficient (Wildman–Crippen LogP) is 1.02. The van der Waals surface area contributed by atoms with E-state index in [1.807, 2.05) is 0 Å². The van der Waals surface area contributed by atoms with Crippen LogP contribution in [0.4, 0.5) is 4.39 Å². The molecule has 0 aliphatic rings. The van der Waals surface area contributed by atoms with Crippen LogP contribution in [-0.2, 0) is 0 Å². The molecule has 1 aromatic rings. The lowest BCUT2D eigenvalue weighted by atomic mass is 10.2. The van der Waals surface area contributed by atoms with Gasteiger partial charge in [0.25, 0.3) is 0 Å². The zero-order valence-corrected chi connectivity index (χ0v) is 6.70. The molecule has 11 heavy (non-hydrogen) atoms. The molecule has 0 saturated heterocycles. The van der Waals surface area contributed by atoms with Crippen molar-refractivity contribution in [2.75, 3.05) is 0 Å². The van der Waals surface area contributed by atoms with Crippen molar-refractivity contribution in [1.29, 1.82) is 0 Å². The standard InChI is InChI=1S/C7H6FO2P/c8-6-3-4(11)1-2-5(6)7(9)10/h1-3H,11H2,(H,9,10). The van der Waals surface area contributed by atoms with E-state index in [1.165, 1.54) is 12.1 Å². The maximum absolute atomic E-state index is 12.7. The molecule has 0 aliphatic carbocycles. The number of rotatable bonds is 1. The summed E-state index contributed by atoms with van der Waals surface area (Å²) in [5, 5.41) is 9.04. The number of halogens is 1. The molecular formula is C7H6FO2P. The Balaban J connectivity index is 3.20. The van der Waals surface area contributed by atoms with Crippen molar-refractivity contribution in [3.63, 3.8) is 0 Å². The minimum atomic E-state index is -1.24. The molecule has 0 aliphatic heterocycles. The maximum atomic E-state index is 12.7. The second kappa shape index (κ2) is 2.97. The molecule has 4 heteroatoms. The van der Waals surface area contributed by atoms with Crippen LogP contribution in [0.5, 0.6) is 0 Å². The van der Waals surface area contributed by atoms with Crippen molar-refractivity contribution in [1.82, 2.24) is 0 Å². The van der Waals surface area contributed by atoms with Gasteiger partial charge in [-0.1, -0.05) is 6.07 Å². The van der Waals surface area contributed by atoms with E-state index in [4.69, 9.17) is 5.11 Å². The van der Waals surface area contributed by atoms with Crippen molar-refractivity contribution < 1.29 is 14.3 Å². The van der Waals surface area contributed by atoms with Gasteiger partial charge in [-0.2, -0.15) is 0 Å². The fourth-order valence-corrected chi connectivity index (χ4v) is 0.947. The van der Waals surface area contributed by atoms with E-state index in [9.17, 15) is 9.18 Å². The zero-order chi connectivity index (χ0) is 8.43. The molecule has 0 radical (unpaired) electrons. The van der Waals surface area contributed by atoms with Gasteiger partial charge in [-0.3, -0.25) is 0 Å². The number of hydrogen-bond acceptors (Lipinski definition) is 1. The van der Waals surface area contributed by atoms with E-state index >= 15 is 0 Å². The van der Waals surface area contributed by atoms with Crippen LogP contribution in [-0.4, -0.2) is 11.1 Å². The third kappa shape index (κ3) is 1.75. The summed E-state index contributed by atoms with van der Waals surface area (Å²) in [6.07, 6.45) is 0. The highest BCUT2D eigenvalue weighted by Gasteiger charge is 2.08. The first kappa shape index (κ1) is 8.15. The summed E-state index contributed by atoms with van der Waals surface area (Å²) in [6.45, 7) is 0. The van der Waals surface area contributed by atoms with Crippen LogP contribution in [0.25, 0.3) is 0 Å². The first-order chi connectivity index (χ1) is 5.11. The van der Waals surface area contributed by atoms with Crippen molar-refractivity contribution >= 4 is 20.5 Å². The lowest BCUT2D eigenvalue weighted by Crippen LogP contribution is -2.03. The van der Waals surface area contributed by atoms with E-state index in [0.29, 0.717) is 5.30 Å². The van der Waals surface area contributed by atoms with Crippen LogP contribution >= 0.6 is 9.24 Å². The number of aromatic carboxylic acids is 1. The summed E-state index contributed by atoms with van der Waals surface area (Å²) >= 11 is 0. The largest absolute Gasteiger partial charge is 0.478 e. The molecule has 1 rings (SSSR count). The Kier molecular flexibility index (Phi) is 2.20. The minimum absolute atomic E-state index is 0.295. The van der Waals surface area contributed by atoms with Crippen LogP contribution in [0.15, 0.2) is 18.2 Å². The Morgan fingerprint density at radius 2 is 2.18 bits per heavy atom. The second-order valence-corrected chi connectivity index (χ2v) is 2.71. The first-order valence-corrected chi connectivity index (χ1v) is 3.47. The summed E-state index contributed by atoms with van der Waals surface area (Å²) in [6, 6.07) is 3.92. The SMILES string of the molecule is O=C(O)c1ccc(P)cc1F. The molecule has 0 bridgehead atoms. The molecule has 1 aromatic carbocycles. The third-order valence-electron chi connectivity index (χ3n) is 1.22. The Morgan fingerprint density at radius 1 is 1.55 bits per heavy atom. The van der Waals surface area contributed by atoms with Gasteiger partial charge in [-0.25, -0.2) is 9.18 Å². The zero-order valence-electron chi connectivity index (χ0n) is 5.54. The van der Waals surface area contributed by atoms with Crippen molar-refractivity contribution in [2.24, 2.45) is 0 Å². The molecule has 1 N–H and O–H groups in total. The molecule has 0 heterocycles. The summed E-state index contributed by atoms with van der Waals surface area (Å²) in [4.78, 5) is 10.3. The third-order valence-corrected chi connectivity index (χ3v) is 1.58. The van der Waals surface area contributed by atoms with E-state index < -0.39 is 11.8 Å². The van der Waals surface area contributed by atoms with Crippen LogP contribution in [0, 0.1) is 5.82 Å². The number of hydrogen-bond donors (Lipinski definition) is 1. The fourth-order valence-electron chi connectivity index (χ4n) is 0.705. The van der Waals surface area contributed by atoms with Crippen molar-refractivity contribution in [3.05, 3.63) is 29.6 Å². The Hall–Kier alpha value is -0.950. The van der Waals surface area contributed by atoms with Gasteiger partial charge in [-0.05, 0) is 17.4 Å². The van der Waals surface area contributed by atoms with Crippen LogP contribution < -0.4 is 5.30 Å². The van der Waals surface area contributed by atoms with Crippen LogP contribution in [0.3, 0.4) is 0 Å². The van der Waals surface area contributed by atoms with Gasteiger partial charge >= 0.3 is 5.97 Å². The summed E-state index contributed by atoms with van der Waals surface area (Å²) < 4.78 is 12.7. The molecule has 1 atom stereocenters. The lowest BCUT2D eigenvalue weighted by molar-refractivity contribution is 0.0692. The smallest absolute Gasteiger partial charge is 0.338 e. The summed E-state index contributed by atoms with van der Waals surface area (Å²) in [7, 11) is 2.29. The Labute approximate surface area is 65.2 Å². The second-order valence-electron chi connectivity index (χ2n) is 2.04. The average molecular weight is 172 g/mol. The van der Waals surface area contributed by atoms with Crippen LogP contribution in [0.2, 0.25) is 0 Å². The lowest BCUT2D eigenvalue weighted by Gasteiger charge is -1.96. The monoisotopic (exact) mass is 172 g/mol. The number of carboxylic acids is 1. The van der Waals surface area contributed by atoms with E-state index in [2.05, 4.69) is 9.24 Å². The average Bonchev–Trinajstić information content (AvgIpc) is 1.85. The molecule has 0 fully saturated rings. The molecule has 0 spiro atoms. The number of carbonyl (C=O) groups is 1. The molecule has 1 unspecified atom stereocenters. The van der Waals surface area contributed by atoms with Crippen molar-refractivity contribution in [2.45, 2.75) is 0 Å². The highest BCUT2D eigenvalue weighted by Crippen LogP contribution is 2.05. The van der Waals surface area contributed by atoms with E-state index in [0.717, 1.165) is 6.07 Å². The summed E-state index contributed by atoms with van der Waals surface area (Å²) in [5.41, 5.74) is -0.295. The first-order valence-electron chi connectivity index (χ1n) is 2.89. The molecule has 2 nitrogen and oxygen atoms in total. The Morgan fingerprint density at radius 3 is 2.64 bits per heavy atom. The van der Waals surface area contributed by atoms with Gasteiger partial charge in [0, 0.05) is 0 Å². The topological polar surface area (TPSA) is 37.3 Å². The van der Waals surface area contributed by atoms with E-state index in [-0.39, 0.29) is 5.56 Å². The van der Waals surface area contributed by atoms with Crippen molar-refractivity contribution in [3.8, 4) is 0 Å². The van der Waals surface area contributed by atoms with Gasteiger partial charge in [0.15, 0.2) is 0 Å². The quantitative estimate of drug-likeness (QED) is 0.642. The number of benzene rings is 1. The van der Waals surface area contributed by atoms with E-state index in [1.54, 1.807) is 0 Å². The van der Waals surface area contributed by atoms with Crippen LogP contribution in [0.1, 0.15) is 10.4 Å². The normalized spacial score (nSPS) is 9.64. The van der Waals surface area contributed by atoms with Gasteiger partial charge in [0.1, 0.15) is 5.82 Å². The predicted molar refractivity (Wildman–Crippen MR) is 42.7 cm³/mol. The molecular weight excluding hydrogens is 166 g/mol. The van der Waals surface area contributed by atoms with Gasteiger partial charge in [0.05, 0.1) is 5.56 Å². The fraction of sp³-hybridized carbons (Fsp3) is 0. The molecule has 0 aromatic heterocycles. The van der Waals surface area contributed by atoms with Gasteiger partial charge < -0.3 is 5.11 Å². The maximum Gasteiger partial charge on any atom is 0.338 e. The van der Waals surface area contributed by atoms with Gasteiger partial charge in [-0.15, -0.1) is 9.24 Å². The van der Waals surface area contributed by atoms with Gasteiger partial charge in [0.2, 0.25) is 0 Å². The minimum Gasteiger partial charge on any atom is -0.478 e.